The highest BCUT2D eigenvalue weighted by molar-refractivity contribution is 7.07. The van der Waals surface area contributed by atoms with E-state index < -0.39 is 0 Å². The van der Waals surface area contributed by atoms with Crippen LogP contribution in [0.15, 0.2) is 16.8 Å². The van der Waals surface area contributed by atoms with Crippen LogP contribution in [0, 0.1) is 5.92 Å². The average Bonchev–Trinajstić information content (AvgIpc) is 3.00. The van der Waals surface area contributed by atoms with E-state index in [0.717, 1.165) is 38.9 Å². The second kappa shape index (κ2) is 7.92. The van der Waals surface area contributed by atoms with Crippen molar-refractivity contribution in [3.05, 3.63) is 22.4 Å². The monoisotopic (exact) mass is 309 g/mol. The van der Waals surface area contributed by atoms with E-state index in [1.54, 1.807) is 18.3 Å². The molecule has 21 heavy (non-hydrogen) atoms. The molecule has 0 aliphatic carbocycles. The number of piperidine rings is 1. The van der Waals surface area contributed by atoms with Crippen LogP contribution in [0.5, 0.6) is 0 Å². The zero-order valence-electron chi connectivity index (χ0n) is 13.0. The average molecular weight is 309 g/mol. The zero-order chi connectivity index (χ0) is 15.2. The van der Waals surface area contributed by atoms with E-state index in [1.807, 2.05) is 0 Å². The Kier molecular flexibility index (Phi) is 6.21. The second-order valence-electron chi connectivity index (χ2n) is 5.99. The summed E-state index contributed by atoms with van der Waals surface area (Å²) in [6.07, 6.45) is 3.26. The van der Waals surface area contributed by atoms with Crippen LogP contribution >= 0.6 is 11.3 Å². The summed E-state index contributed by atoms with van der Waals surface area (Å²) in [5.74, 6) is 0.674. The number of rotatable bonds is 6. The largest absolute Gasteiger partial charge is 0.356 e. The molecule has 4 nitrogen and oxygen atoms in total. The van der Waals surface area contributed by atoms with E-state index in [0.29, 0.717) is 12.0 Å². The van der Waals surface area contributed by atoms with Crippen LogP contribution in [-0.4, -0.2) is 36.5 Å². The van der Waals surface area contributed by atoms with Gasteiger partial charge in [-0.15, -0.1) is 0 Å². The van der Waals surface area contributed by atoms with E-state index >= 15 is 0 Å². The Morgan fingerprint density at radius 1 is 1.52 bits per heavy atom. The third kappa shape index (κ3) is 4.53. The van der Waals surface area contributed by atoms with E-state index in [4.69, 9.17) is 5.73 Å². The molecule has 5 heteroatoms. The van der Waals surface area contributed by atoms with Gasteiger partial charge in [-0.1, -0.05) is 6.92 Å². The zero-order valence-corrected chi connectivity index (χ0v) is 13.9. The van der Waals surface area contributed by atoms with Gasteiger partial charge in [0.05, 0.1) is 6.04 Å². The van der Waals surface area contributed by atoms with Crippen molar-refractivity contribution in [2.75, 3.05) is 19.6 Å². The first-order valence-electron chi connectivity index (χ1n) is 7.88. The Labute approximate surface area is 131 Å². The van der Waals surface area contributed by atoms with E-state index in [2.05, 4.69) is 34.0 Å². The van der Waals surface area contributed by atoms with Crippen LogP contribution in [0.2, 0.25) is 0 Å². The summed E-state index contributed by atoms with van der Waals surface area (Å²) in [4.78, 5) is 13.5. The molecule has 3 N–H and O–H groups in total. The number of hydrogen-bond donors (Lipinski definition) is 2. The highest BCUT2D eigenvalue weighted by Gasteiger charge is 2.29. The molecule has 1 fully saturated rings. The number of nitrogens with one attached hydrogen (secondary N) is 1. The first-order valence-corrected chi connectivity index (χ1v) is 8.82. The van der Waals surface area contributed by atoms with Gasteiger partial charge < -0.3 is 11.1 Å². The second-order valence-corrected chi connectivity index (χ2v) is 6.77. The van der Waals surface area contributed by atoms with Crippen molar-refractivity contribution in [1.29, 1.82) is 0 Å². The van der Waals surface area contributed by atoms with Crippen molar-refractivity contribution in [2.45, 2.75) is 45.2 Å². The lowest BCUT2D eigenvalue weighted by molar-refractivity contribution is -0.119. The highest BCUT2D eigenvalue weighted by Crippen LogP contribution is 2.30. The number of amides is 1. The third-order valence-electron chi connectivity index (χ3n) is 4.44. The quantitative estimate of drug-likeness (QED) is 0.848. The van der Waals surface area contributed by atoms with E-state index in [9.17, 15) is 4.79 Å². The number of nitrogens with zero attached hydrogens (tertiary/aromatic N) is 1. The van der Waals surface area contributed by atoms with E-state index in [-0.39, 0.29) is 11.9 Å². The molecule has 2 heterocycles. The maximum absolute atomic E-state index is 11.0. The minimum Gasteiger partial charge on any atom is -0.356 e. The van der Waals surface area contributed by atoms with Gasteiger partial charge in [0.15, 0.2) is 0 Å². The summed E-state index contributed by atoms with van der Waals surface area (Å²) in [5, 5.41) is 7.30. The first-order chi connectivity index (χ1) is 10.1. The van der Waals surface area contributed by atoms with Crippen LogP contribution in [0.1, 0.15) is 44.7 Å². The van der Waals surface area contributed by atoms with Gasteiger partial charge in [0.25, 0.3) is 0 Å². The summed E-state index contributed by atoms with van der Waals surface area (Å²) < 4.78 is 0. The summed E-state index contributed by atoms with van der Waals surface area (Å²) in [5.41, 5.74) is 7.73. The van der Waals surface area contributed by atoms with Crippen LogP contribution in [-0.2, 0) is 4.79 Å². The number of carbonyl (C=O) groups excluding carboxylic acids is 1. The molecule has 118 valence electrons. The molecule has 0 aromatic carbocycles. The van der Waals surface area contributed by atoms with Crippen molar-refractivity contribution in [2.24, 2.45) is 11.7 Å². The van der Waals surface area contributed by atoms with Gasteiger partial charge in [-0.25, -0.2) is 0 Å². The van der Waals surface area contributed by atoms with Crippen molar-refractivity contribution >= 4 is 17.2 Å². The van der Waals surface area contributed by atoms with Crippen LogP contribution < -0.4 is 11.1 Å². The molecule has 1 aromatic heterocycles. The molecule has 2 unspecified atom stereocenters. The Hall–Kier alpha value is -0.910. The van der Waals surface area contributed by atoms with Gasteiger partial charge in [-0.05, 0) is 60.7 Å². The molecule has 2 rings (SSSR count). The summed E-state index contributed by atoms with van der Waals surface area (Å²) >= 11 is 1.74. The molecule has 1 aliphatic rings. The molecule has 1 aromatic rings. The molecule has 1 saturated heterocycles. The number of nitrogens with two attached hydrogens (primary N) is 1. The van der Waals surface area contributed by atoms with Gasteiger partial charge >= 0.3 is 0 Å². The van der Waals surface area contributed by atoms with Gasteiger partial charge in [0, 0.05) is 19.5 Å². The van der Waals surface area contributed by atoms with Gasteiger partial charge in [-0.3, -0.25) is 9.69 Å². The molecular formula is C16H27N3OS. The minimum atomic E-state index is 0.0709. The Morgan fingerprint density at radius 2 is 2.24 bits per heavy atom. The Bertz CT molecular complexity index is 427. The predicted octanol–water partition coefficient (Wildman–Crippen LogP) is 2.37. The van der Waals surface area contributed by atoms with E-state index in [1.165, 1.54) is 5.56 Å². The smallest absolute Gasteiger partial charge is 0.216 e. The van der Waals surface area contributed by atoms with Crippen molar-refractivity contribution in [1.82, 2.24) is 10.2 Å². The van der Waals surface area contributed by atoms with Crippen molar-refractivity contribution < 1.29 is 4.79 Å². The lowest BCUT2D eigenvalue weighted by Crippen LogP contribution is -2.45. The van der Waals surface area contributed by atoms with Crippen LogP contribution in [0.3, 0.4) is 0 Å². The lowest BCUT2D eigenvalue weighted by Gasteiger charge is -2.40. The molecule has 1 amide bonds. The van der Waals surface area contributed by atoms with Crippen molar-refractivity contribution in [3.63, 3.8) is 0 Å². The lowest BCUT2D eigenvalue weighted by atomic mass is 9.92. The number of carbonyl (C=O) groups is 1. The van der Waals surface area contributed by atoms with Crippen LogP contribution in [0.25, 0.3) is 0 Å². The summed E-state index contributed by atoms with van der Waals surface area (Å²) in [6.45, 7) is 6.69. The predicted molar refractivity (Wildman–Crippen MR) is 88.3 cm³/mol. The fourth-order valence-corrected chi connectivity index (χ4v) is 3.81. The minimum absolute atomic E-state index is 0.0709. The maximum atomic E-state index is 11.0. The molecule has 2 atom stereocenters. The summed E-state index contributed by atoms with van der Waals surface area (Å²) in [7, 11) is 0. The Balaban J connectivity index is 1.93. The maximum Gasteiger partial charge on any atom is 0.216 e. The molecule has 0 bridgehead atoms. The standard InChI is InChI=1S/C16H27N3OS/c1-3-15(17)16(14-6-9-21-11-14)19-7-4-13(5-8-19)10-18-12(2)20/h6,9,11,13,15-16H,3-5,7-8,10,17H2,1-2H3,(H,18,20). The summed E-state index contributed by atoms with van der Waals surface area (Å²) in [6, 6.07) is 2.73. The fourth-order valence-electron chi connectivity index (χ4n) is 3.12. The number of likely N-dealkylation sites (tertiary alicyclic amines) is 1. The molecule has 0 saturated carbocycles. The van der Waals surface area contributed by atoms with Gasteiger partial charge in [-0.2, -0.15) is 11.3 Å². The highest BCUT2D eigenvalue weighted by atomic mass is 32.1. The third-order valence-corrected chi connectivity index (χ3v) is 5.15. The topological polar surface area (TPSA) is 58.4 Å². The molecule has 0 spiro atoms. The fraction of sp³-hybridized carbons (Fsp3) is 0.688. The number of hydrogen-bond acceptors (Lipinski definition) is 4. The molecule has 1 aliphatic heterocycles. The molecule has 0 radical (unpaired) electrons. The van der Waals surface area contributed by atoms with Crippen molar-refractivity contribution in [3.8, 4) is 0 Å². The van der Waals surface area contributed by atoms with Gasteiger partial charge in [0.1, 0.15) is 0 Å². The number of thiophene rings is 1. The SMILES string of the molecule is CCC(N)C(c1ccsc1)N1CCC(CNC(C)=O)CC1. The first kappa shape index (κ1) is 16.5. The Morgan fingerprint density at radius 3 is 2.76 bits per heavy atom. The van der Waals surface area contributed by atoms with Gasteiger partial charge in [0.2, 0.25) is 5.91 Å². The normalized spacial score (nSPS) is 20.1. The van der Waals surface area contributed by atoms with Crippen LogP contribution in [0.4, 0.5) is 0 Å². The molecular weight excluding hydrogens is 282 g/mol.